The Kier molecular flexibility index (Phi) is 14.8. The first kappa shape index (κ1) is 44.4. The summed E-state index contributed by atoms with van der Waals surface area (Å²) in [6.07, 6.45) is 0.442. The summed E-state index contributed by atoms with van der Waals surface area (Å²) in [7, 11) is 1.59. The highest BCUT2D eigenvalue weighted by Crippen LogP contribution is 2.51. The lowest BCUT2D eigenvalue weighted by atomic mass is 9.80. The number of nitrogens with one attached hydrogen (secondary N) is 2. The van der Waals surface area contributed by atoms with Crippen LogP contribution in [0.15, 0.2) is 95.9 Å². The van der Waals surface area contributed by atoms with Gasteiger partial charge in [-0.2, -0.15) is 10.2 Å². The average molecular weight is 839 g/mol. The van der Waals surface area contributed by atoms with E-state index in [-0.39, 0.29) is 49.4 Å². The average Bonchev–Trinajstić information content (AvgIpc) is 3.85. The first-order valence-electron chi connectivity index (χ1n) is 20.2. The number of H-pyrrole nitrogens is 1. The van der Waals surface area contributed by atoms with Crippen molar-refractivity contribution in [2.75, 3.05) is 32.8 Å². The molecule has 3 aromatic carbocycles. The second-order valence-corrected chi connectivity index (χ2v) is 16.8. The number of amides is 1. The Hall–Kier alpha value is -5.13. The van der Waals surface area contributed by atoms with Crippen LogP contribution in [-0.2, 0) is 28.9 Å². The normalized spacial score (nSPS) is 17.4. The number of hydrogen-bond donors (Lipinski definition) is 2. The molecule has 4 atom stereocenters. The molecule has 0 bridgehead atoms. The smallest absolute Gasteiger partial charge is 0.348 e. The van der Waals surface area contributed by atoms with Crippen LogP contribution in [0, 0.1) is 17.2 Å². The lowest BCUT2D eigenvalue weighted by Crippen LogP contribution is -2.39. The largest absolute Gasteiger partial charge is 0.497 e. The first-order valence-corrected chi connectivity index (χ1v) is 21.3. The van der Waals surface area contributed by atoms with Crippen LogP contribution < -0.4 is 20.5 Å². The quantitative estimate of drug-likeness (QED) is 0.0468. The summed E-state index contributed by atoms with van der Waals surface area (Å²) >= 11 is 0. The summed E-state index contributed by atoms with van der Waals surface area (Å²) in [5, 5.41) is 12.8. The van der Waals surface area contributed by atoms with Gasteiger partial charge in [0.25, 0.3) is 8.53 Å². The molecular formula is C45H55N6O8P. The van der Waals surface area contributed by atoms with E-state index in [1.54, 1.807) is 44.9 Å². The third-order valence-corrected chi connectivity index (χ3v) is 12.5. The zero-order valence-electron chi connectivity index (χ0n) is 35.5. The predicted octanol–water partition coefficient (Wildman–Crippen LogP) is 8.29. The minimum atomic E-state index is -1.68. The van der Waals surface area contributed by atoms with E-state index in [0.29, 0.717) is 29.0 Å². The van der Waals surface area contributed by atoms with Crippen molar-refractivity contribution in [1.82, 2.24) is 19.2 Å². The molecule has 15 heteroatoms. The van der Waals surface area contributed by atoms with Crippen LogP contribution in [0.25, 0.3) is 11.0 Å². The minimum absolute atomic E-state index is 0.0573. The molecule has 14 nitrogen and oxygen atoms in total. The van der Waals surface area contributed by atoms with Gasteiger partial charge in [0.15, 0.2) is 5.65 Å². The molecule has 1 aliphatic rings. The number of fused-ring (bicyclic) bond motifs is 1. The fourth-order valence-corrected chi connectivity index (χ4v) is 9.23. The van der Waals surface area contributed by atoms with Gasteiger partial charge in [-0.15, -0.1) is 0 Å². The van der Waals surface area contributed by atoms with Crippen LogP contribution in [0.5, 0.6) is 11.5 Å². The van der Waals surface area contributed by atoms with Gasteiger partial charge in [-0.3, -0.25) is 9.78 Å². The Morgan fingerprint density at radius 1 is 0.950 bits per heavy atom. The van der Waals surface area contributed by atoms with Crippen LogP contribution in [0.1, 0.15) is 77.3 Å². The number of aromatic amines is 1. The topological polar surface area (TPSA) is 162 Å². The molecule has 60 heavy (non-hydrogen) atoms. The number of nitrogens with zero attached hydrogens (tertiary/aromatic N) is 4. The highest BCUT2D eigenvalue weighted by Gasteiger charge is 2.45. The number of anilines is 1. The van der Waals surface area contributed by atoms with E-state index in [4.69, 9.17) is 28.0 Å². The molecule has 0 saturated carbocycles. The van der Waals surface area contributed by atoms with Gasteiger partial charge in [-0.1, -0.05) is 68.4 Å². The molecule has 1 saturated heterocycles. The Labute approximate surface area is 352 Å². The molecule has 0 aliphatic carbocycles. The molecule has 1 amide bonds. The molecule has 0 radical (unpaired) electrons. The molecular weight excluding hydrogens is 784 g/mol. The summed E-state index contributed by atoms with van der Waals surface area (Å²) in [4.78, 5) is 32.7. The van der Waals surface area contributed by atoms with E-state index in [1.165, 1.54) is 0 Å². The fourth-order valence-electron chi connectivity index (χ4n) is 7.47. The van der Waals surface area contributed by atoms with Gasteiger partial charge in [0.05, 0.1) is 51.4 Å². The molecule has 2 aromatic heterocycles. The molecule has 2 N–H and O–H groups in total. The SMILES string of the molecule is COc1ccc(C(OC[C@H]2O[C@@H](n3ccc4c(NC(=O)C(C)C)[nH]c(=O)nc43)C[C@@H]2OP(OCCC#N)N(C(C)C)C(C)C)(c2ccccc2)c2ccc(OC)cc2)cc1. The van der Waals surface area contributed by atoms with Crippen molar-refractivity contribution < 1.29 is 32.8 Å². The zero-order chi connectivity index (χ0) is 43.0. The van der Waals surface area contributed by atoms with Gasteiger partial charge in [0.1, 0.15) is 35.2 Å². The second kappa shape index (κ2) is 20.0. The highest BCUT2D eigenvalue weighted by atomic mass is 31.2. The Balaban J connectivity index is 1.45. The molecule has 1 unspecified atom stereocenters. The van der Waals surface area contributed by atoms with Gasteiger partial charge in [-0.25, -0.2) is 9.46 Å². The molecule has 1 aliphatic heterocycles. The van der Waals surface area contributed by atoms with Gasteiger partial charge in [-0.05, 0) is 74.7 Å². The summed E-state index contributed by atoms with van der Waals surface area (Å²) in [6, 6.07) is 29.7. The Bertz CT molecular complexity index is 2220. The number of carbonyl (C=O) groups is 1. The molecule has 0 spiro atoms. The van der Waals surface area contributed by atoms with E-state index in [9.17, 15) is 14.9 Å². The van der Waals surface area contributed by atoms with Gasteiger partial charge >= 0.3 is 5.69 Å². The lowest BCUT2D eigenvalue weighted by Gasteiger charge is -2.39. The van der Waals surface area contributed by atoms with Crippen molar-refractivity contribution in [3.05, 3.63) is 118 Å². The number of carbonyl (C=O) groups excluding carboxylic acids is 1. The summed E-state index contributed by atoms with van der Waals surface area (Å²) in [5.41, 5.74) is 1.19. The fraction of sp³-hybridized carbons (Fsp3) is 0.422. The summed E-state index contributed by atoms with van der Waals surface area (Å²) in [6.45, 7) is 12.2. The van der Waals surface area contributed by atoms with Gasteiger partial charge in [0, 0.05) is 30.6 Å². The predicted molar refractivity (Wildman–Crippen MR) is 231 cm³/mol. The minimum Gasteiger partial charge on any atom is -0.497 e. The molecule has 1 fully saturated rings. The third-order valence-electron chi connectivity index (χ3n) is 10.4. The summed E-state index contributed by atoms with van der Waals surface area (Å²) in [5.74, 6) is 1.12. The molecule has 318 valence electrons. The van der Waals surface area contributed by atoms with Crippen molar-refractivity contribution in [2.24, 2.45) is 5.92 Å². The number of hydrogen-bond acceptors (Lipinski definition) is 11. The number of rotatable bonds is 19. The summed E-state index contributed by atoms with van der Waals surface area (Å²) < 4.78 is 42.8. The first-order chi connectivity index (χ1) is 28.9. The van der Waals surface area contributed by atoms with Crippen LogP contribution in [0.2, 0.25) is 0 Å². The zero-order valence-corrected chi connectivity index (χ0v) is 36.3. The number of aromatic nitrogens is 3. The van der Waals surface area contributed by atoms with Crippen molar-refractivity contribution >= 4 is 31.3 Å². The van der Waals surface area contributed by atoms with Crippen molar-refractivity contribution in [3.8, 4) is 17.6 Å². The van der Waals surface area contributed by atoms with Gasteiger partial charge in [0.2, 0.25) is 5.91 Å². The highest BCUT2D eigenvalue weighted by molar-refractivity contribution is 7.44. The second-order valence-electron chi connectivity index (χ2n) is 15.4. The van der Waals surface area contributed by atoms with Crippen LogP contribution in [0.4, 0.5) is 5.82 Å². The van der Waals surface area contributed by atoms with E-state index >= 15 is 0 Å². The van der Waals surface area contributed by atoms with E-state index in [2.05, 4.69) is 53.7 Å². The maximum atomic E-state index is 12.9. The molecule has 3 heterocycles. The number of nitriles is 1. The maximum Gasteiger partial charge on any atom is 0.348 e. The van der Waals surface area contributed by atoms with Crippen LogP contribution in [0.3, 0.4) is 0 Å². The van der Waals surface area contributed by atoms with Gasteiger partial charge < -0.3 is 37.9 Å². The maximum absolute atomic E-state index is 12.9. The van der Waals surface area contributed by atoms with E-state index in [1.807, 2.05) is 78.9 Å². The third kappa shape index (κ3) is 9.74. The Morgan fingerprint density at radius 3 is 2.10 bits per heavy atom. The van der Waals surface area contributed by atoms with Crippen molar-refractivity contribution in [1.29, 1.82) is 5.26 Å². The van der Waals surface area contributed by atoms with Crippen molar-refractivity contribution in [3.63, 3.8) is 0 Å². The van der Waals surface area contributed by atoms with Crippen LogP contribution in [-0.4, -0.2) is 76.8 Å². The standard InChI is InChI=1S/C45H55N6O8P/c1-29(2)43(52)47-41-37-23-25-50(42(37)49-44(53)48-41)40-27-38(59-60(57-26-12-24-46)51(30(3)4)31(5)6)39(58-40)28-56-45(32-13-10-9-11-14-32,33-15-19-35(54-7)20-16-33)34-17-21-36(55-8)22-18-34/h9-11,13-23,25,29-31,38-40H,12,26-28H2,1-8H3,(H2,47,48,49,52,53)/t38-,39+,40+,60?/m0/s1. The van der Waals surface area contributed by atoms with Crippen molar-refractivity contribution in [2.45, 2.75) is 90.5 Å². The van der Waals surface area contributed by atoms with E-state index in [0.717, 1.165) is 16.7 Å². The number of benzene rings is 3. The van der Waals surface area contributed by atoms with E-state index < -0.39 is 38.3 Å². The Morgan fingerprint density at radius 2 is 1.55 bits per heavy atom. The number of methoxy groups -OCH3 is 2. The van der Waals surface area contributed by atoms with Crippen LogP contribution >= 0.6 is 8.53 Å². The monoisotopic (exact) mass is 838 g/mol. The number of ether oxygens (including phenoxy) is 4. The molecule has 6 rings (SSSR count). The lowest BCUT2D eigenvalue weighted by molar-refractivity contribution is -0.118. The molecule has 5 aromatic rings.